The summed E-state index contributed by atoms with van der Waals surface area (Å²) < 4.78 is 6.74. The smallest absolute Gasteiger partial charge is 0.330 e. The topological polar surface area (TPSA) is 105 Å². The lowest BCUT2D eigenvalue weighted by Crippen LogP contribution is -2.34. The summed E-state index contributed by atoms with van der Waals surface area (Å²) in [5, 5.41) is 18.9. The molecule has 2 heterocycles. The van der Waals surface area contributed by atoms with Crippen LogP contribution in [0.1, 0.15) is 23.8 Å². The molecule has 1 aliphatic heterocycles. The molecule has 3 rings (SSSR count). The maximum Gasteiger partial charge on any atom is 0.330 e. The number of aromatic amines is 1. The molecule has 1 aliphatic rings. The van der Waals surface area contributed by atoms with Gasteiger partial charge in [-0.15, -0.1) is 0 Å². The molecule has 23 heavy (non-hydrogen) atoms. The van der Waals surface area contributed by atoms with Crippen LogP contribution in [0, 0.1) is 0 Å². The first kappa shape index (κ1) is 15.7. The first-order valence-electron chi connectivity index (χ1n) is 7.41. The van der Waals surface area contributed by atoms with Crippen molar-refractivity contribution in [1.82, 2.24) is 9.55 Å². The SMILES string of the molecule is O=c1[nH]c(=O)n([C@@H]2C[C@@H](O)[C@H](CO)O2)cc1Cc1ccccc1. The molecule has 0 amide bonds. The number of aliphatic hydroxyl groups is 2. The van der Waals surface area contributed by atoms with E-state index in [0.29, 0.717) is 12.0 Å². The Bertz CT molecular complexity index is 783. The lowest BCUT2D eigenvalue weighted by Gasteiger charge is -2.15. The number of rotatable bonds is 4. The molecule has 1 aromatic heterocycles. The monoisotopic (exact) mass is 318 g/mol. The standard InChI is InChI=1S/C16H18N2O5/c19-9-13-12(20)7-14(23-13)18-8-11(15(21)17-16(18)22)6-10-4-2-1-3-5-10/h1-5,8,12-14,19-20H,6-7,9H2,(H,17,21,22)/t12-,13+,14+/m1/s1. The summed E-state index contributed by atoms with van der Waals surface area (Å²) in [5.41, 5.74) is 0.347. The molecule has 0 aliphatic carbocycles. The first-order chi connectivity index (χ1) is 11.1. The second-order valence-corrected chi connectivity index (χ2v) is 5.60. The average Bonchev–Trinajstić information content (AvgIpc) is 2.91. The zero-order chi connectivity index (χ0) is 16.4. The minimum atomic E-state index is -0.846. The number of aromatic nitrogens is 2. The van der Waals surface area contributed by atoms with Crippen molar-refractivity contribution in [1.29, 1.82) is 0 Å². The third-order valence-corrected chi connectivity index (χ3v) is 3.97. The number of benzene rings is 1. The van der Waals surface area contributed by atoms with Gasteiger partial charge < -0.3 is 14.9 Å². The van der Waals surface area contributed by atoms with Crippen LogP contribution in [0.4, 0.5) is 0 Å². The molecule has 0 saturated carbocycles. The van der Waals surface area contributed by atoms with Gasteiger partial charge in [0.1, 0.15) is 12.3 Å². The molecule has 1 fully saturated rings. The van der Waals surface area contributed by atoms with Crippen molar-refractivity contribution in [3.05, 3.63) is 68.5 Å². The maximum absolute atomic E-state index is 12.0. The van der Waals surface area contributed by atoms with Crippen LogP contribution in [0.3, 0.4) is 0 Å². The molecule has 7 heteroatoms. The molecule has 1 saturated heterocycles. The fraction of sp³-hybridized carbons (Fsp3) is 0.375. The van der Waals surface area contributed by atoms with E-state index in [4.69, 9.17) is 9.84 Å². The molecular weight excluding hydrogens is 300 g/mol. The molecule has 2 aromatic rings. The summed E-state index contributed by atoms with van der Waals surface area (Å²) in [6.07, 6.45) is -0.249. The molecular formula is C16H18N2O5. The van der Waals surface area contributed by atoms with Crippen molar-refractivity contribution < 1.29 is 14.9 Å². The van der Waals surface area contributed by atoms with E-state index >= 15 is 0 Å². The van der Waals surface area contributed by atoms with Gasteiger partial charge >= 0.3 is 5.69 Å². The van der Waals surface area contributed by atoms with Crippen molar-refractivity contribution in [2.45, 2.75) is 31.3 Å². The molecule has 0 bridgehead atoms. The van der Waals surface area contributed by atoms with Crippen LogP contribution in [-0.4, -0.2) is 38.6 Å². The normalized spacial score (nSPS) is 24.0. The van der Waals surface area contributed by atoms with Gasteiger partial charge in [-0.3, -0.25) is 14.3 Å². The Kier molecular flexibility index (Phi) is 4.42. The Morgan fingerprint density at radius 3 is 2.65 bits per heavy atom. The Morgan fingerprint density at radius 2 is 2.00 bits per heavy atom. The van der Waals surface area contributed by atoms with E-state index in [-0.39, 0.29) is 13.0 Å². The molecule has 0 radical (unpaired) electrons. The van der Waals surface area contributed by atoms with E-state index in [2.05, 4.69) is 4.98 Å². The summed E-state index contributed by atoms with van der Waals surface area (Å²) in [7, 11) is 0. The Morgan fingerprint density at radius 1 is 1.26 bits per heavy atom. The van der Waals surface area contributed by atoms with Gasteiger partial charge in [-0.1, -0.05) is 30.3 Å². The lowest BCUT2D eigenvalue weighted by atomic mass is 10.1. The number of hydrogen-bond donors (Lipinski definition) is 3. The zero-order valence-electron chi connectivity index (χ0n) is 12.4. The summed E-state index contributed by atoms with van der Waals surface area (Å²) in [4.78, 5) is 26.3. The minimum Gasteiger partial charge on any atom is -0.394 e. The molecule has 1 aromatic carbocycles. The maximum atomic E-state index is 12.0. The molecule has 3 N–H and O–H groups in total. The van der Waals surface area contributed by atoms with E-state index in [1.807, 2.05) is 30.3 Å². The van der Waals surface area contributed by atoms with Crippen molar-refractivity contribution in [2.75, 3.05) is 6.61 Å². The number of hydrogen-bond acceptors (Lipinski definition) is 5. The minimum absolute atomic E-state index is 0.182. The number of nitrogens with one attached hydrogen (secondary N) is 1. The van der Waals surface area contributed by atoms with Gasteiger partial charge in [0.15, 0.2) is 0 Å². The van der Waals surface area contributed by atoms with Crippen LogP contribution in [0.25, 0.3) is 0 Å². The molecule has 7 nitrogen and oxygen atoms in total. The van der Waals surface area contributed by atoms with Crippen LogP contribution in [0.2, 0.25) is 0 Å². The summed E-state index contributed by atoms with van der Waals surface area (Å²) in [6, 6.07) is 9.43. The first-order valence-corrected chi connectivity index (χ1v) is 7.41. The van der Waals surface area contributed by atoms with Crippen LogP contribution in [0.5, 0.6) is 0 Å². The number of ether oxygens (including phenoxy) is 1. The van der Waals surface area contributed by atoms with Gasteiger partial charge in [-0.2, -0.15) is 0 Å². The van der Waals surface area contributed by atoms with Gasteiger partial charge in [-0.05, 0) is 5.56 Å². The molecule has 0 spiro atoms. The van der Waals surface area contributed by atoms with Crippen molar-refractivity contribution >= 4 is 0 Å². The van der Waals surface area contributed by atoms with Crippen LogP contribution >= 0.6 is 0 Å². The van der Waals surface area contributed by atoms with E-state index in [1.54, 1.807) is 0 Å². The third-order valence-electron chi connectivity index (χ3n) is 3.97. The van der Waals surface area contributed by atoms with Gasteiger partial charge in [0.25, 0.3) is 5.56 Å². The fourth-order valence-electron chi connectivity index (χ4n) is 2.73. The number of aliphatic hydroxyl groups excluding tert-OH is 2. The lowest BCUT2D eigenvalue weighted by molar-refractivity contribution is -0.0459. The van der Waals surface area contributed by atoms with Gasteiger partial charge in [0.05, 0.1) is 12.7 Å². The highest BCUT2D eigenvalue weighted by molar-refractivity contribution is 5.22. The quantitative estimate of drug-likeness (QED) is 0.722. The van der Waals surface area contributed by atoms with Crippen molar-refractivity contribution in [2.24, 2.45) is 0 Å². The van der Waals surface area contributed by atoms with Crippen LogP contribution < -0.4 is 11.2 Å². The summed E-state index contributed by atoms with van der Waals surface area (Å²) in [5.74, 6) is 0. The number of H-pyrrole nitrogens is 1. The van der Waals surface area contributed by atoms with Crippen molar-refractivity contribution in [3.8, 4) is 0 Å². The van der Waals surface area contributed by atoms with E-state index in [0.717, 1.165) is 5.56 Å². The number of nitrogens with zero attached hydrogens (tertiary/aromatic N) is 1. The summed E-state index contributed by atoms with van der Waals surface area (Å²) in [6.45, 7) is -0.327. The highest BCUT2D eigenvalue weighted by Gasteiger charge is 2.35. The van der Waals surface area contributed by atoms with Crippen molar-refractivity contribution in [3.63, 3.8) is 0 Å². The Balaban J connectivity index is 1.92. The molecule has 122 valence electrons. The highest BCUT2D eigenvalue weighted by Crippen LogP contribution is 2.27. The van der Waals surface area contributed by atoms with Gasteiger partial charge in [0.2, 0.25) is 0 Å². The Labute approximate surface area is 131 Å². The predicted molar refractivity (Wildman–Crippen MR) is 82.2 cm³/mol. The average molecular weight is 318 g/mol. The second kappa shape index (κ2) is 6.49. The van der Waals surface area contributed by atoms with Gasteiger partial charge in [-0.25, -0.2) is 4.79 Å². The van der Waals surface area contributed by atoms with Crippen LogP contribution in [-0.2, 0) is 11.2 Å². The Hall–Kier alpha value is -2.22. The molecule has 0 unspecified atom stereocenters. The largest absolute Gasteiger partial charge is 0.394 e. The summed E-state index contributed by atoms with van der Waals surface area (Å²) >= 11 is 0. The fourth-order valence-corrected chi connectivity index (χ4v) is 2.73. The highest BCUT2D eigenvalue weighted by atomic mass is 16.5. The second-order valence-electron chi connectivity index (χ2n) is 5.60. The molecule has 3 atom stereocenters. The predicted octanol–water partition coefficient (Wildman–Crippen LogP) is -0.232. The van der Waals surface area contributed by atoms with Gasteiger partial charge in [0, 0.05) is 24.6 Å². The van der Waals surface area contributed by atoms with E-state index < -0.39 is 29.7 Å². The third kappa shape index (κ3) is 3.26. The van der Waals surface area contributed by atoms with E-state index in [9.17, 15) is 14.7 Å². The zero-order valence-corrected chi connectivity index (χ0v) is 12.4. The van der Waals surface area contributed by atoms with Crippen LogP contribution in [0.15, 0.2) is 46.1 Å². The van der Waals surface area contributed by atoms with E-state index in [1.165, 1.54) is 10.8 Å².